The highest BCUT2D eigenvalue weighted by molar-refractivity contribution is 5.19. The van der Waals surface area contributed by atoms with Gasteiger partial charge in [-0.15, -0.1) is 0 Å². The number of nitrogens with zero attached hydrogens (tertiary/aromatic N) is 1. The molecule has 0 aromatic carbocycles. The topological polar surface area (TPSA) is 23.5 Å². The molecule has 52 valence electrons. The lowest BCUT2D eigenvalue weighted by molar-refractivity contribution is -0.129. The lowest BCUT2D eigenvalue weighted by Crippen LogP contribution is -2.37. The molecule has 0 saturated carbocycles. The largest absolute Gasteiger partial charge is 0.313 e. The van der Waals surface area contributed by atoms with Crippen LogP contribution in [-0.2, 0) is 0 Å². The van der Waals surface area contributed by atoms with Crippen molar-refractivity contribution in [2.24, 2.45) is 0 Å². The zero-order valence-electron chi connectivity index (χ0n) is 6.18. The summed E-state index contributed by atoms with van der Waals surface area (Å²) >= 11 is 0. The zero-order chi connectivity index (χ0) is 7.07. The molecule has 1 rings (SSSR count). The van der Waals surface area contributed by atoms with E-state index < -0.39 is 0 Å². The predicted molar refractivity (Wildman–Crippen MR) is 36.3 cm³/mol. The Labute approximate surface area is 55.7 Å². The molecule has 0 fully saturated rings. The molecular formula is C7H13NO. The molecular weight excluding hydrogens is 114 g/mol. The van der Waals surface area contributed by atoms with Crippen molar-refractivity contribution in [1.82, 2.24) is 5.06 Å². The van der Waals surface area contributed by atoms with Crippen molar-refractivity contribution in [1.29, 1.82) is 0 Å². The molecule has 0 aromatic rings. The molecule has 2 nitrogen and oxygen atoms in total. The van der Waals surface area contributed by atoms with Crippen molar-refractivity contribution in [3.05, 3.63) is 11.6 Å². The average Bonchev–Trinajstić information content (AvgIpc) is 1.96. The summed E-state index contributed by atoms with van der Waals surface area (Å²) in [7, 11) is 0. The van der Waals surface area contributed by atoms with E-state index in [4.69, 9.17) is 0 Å². The summed E-state index contributed by atoms with van der Waals surface area (Å²) in [4.78, 5) is 0. The second-order valence-corrected chi connectivity index (χ2v) is 3.03. The van der Waals surface area contributed by atoms with Crippen LogP contribution in [0.25, 0.3) is 0 Å². The van der Waals surface area contributed by atoms with Crippen LogP contribution in [0.1, 0.15) is 20.8 Å². The molecule has 1 aliphatic heterocycles. The normalized spacial score (nSPS) is 26.4. The van der Waals surface area contributed by atoms with E-state index in [2.05, 4.69) is 0 Å². The fraction of sp³-hybridized carbons (Fsp3) is 0.714. The van der Waals surface area contributed by atoms with E-state index in [0.717, 1.165) is 0 Å². The molecule has 9 heavy (non-hydrogen) atoms. The third-order valence-corrected chi connectivity index (χ3v) is 2.18. The number of hydrogen-bond donors (Lipinski definition) is 1. The third kappa shape index (κ3) is 0.884. The molecule has 0 aromatic heterocycles. The van der Waals surface area contributed by atoms with Gasteiger partial charge in [-0.05, 0) is 20.8 Å². The summed E-state index contributed by atoms with van der Waals surface area (Å²) in [6.07, 6.45) is 2.04. The van der Waals surface area contributed by atoms with Crippen molar-refractivity contribution >= 4 is 0 Å². The Hall–Kier alpha value is -0.340. The summed E-state index contributed by atoms with van der Waals surface area (Å²) in [6.45, 7) is 6.72. The molecule has 0 radical (unpaired) electrons. The fourth-order valence-corrected chi connectivity index (χ4v) is 0.905. The van der Waals surface area contributed by atoms with Crippen LogP contribution in [-0.4, -0.2) is 22.4 Å². The van der Waals surface area contributed by atoms with Crippen molar-refractivity contribution in [2.45, 2.75) is 26.3 Å². The Bertz CT molecular complexity index is 149. The smallest absolute Gasteiger partial charge is 0.0614 e. The Kier molecular flexibility index (Phi) is 1.37. The fourth-order valence-electron chi connectivity index (χ4n) is 0.905. The Morgan fingerprint density at radius 3 is 2.33 bits per heavy atom. The highest BCUT2D eigenvalue weighted by Crippen LogP contribution is 2.26. The van der Waals surface area contributed by atoms with Crippen LogP contribution in [0.5, 0.6) is 0 Å². The van der Waals surface area contributed by atoms with E-state index in [-0.39, 0.29) is 5.54 Å². The monoisotopic (exact) mass is 127 g/mol. The van der Waals surface area contributed by atoms with Gasteiger partial charge in [-0.1, -0.05) is 11.6 Å². The van der Waals surface area contributed by atoms with E-state index in [9.17, 15) is 5.21 Å². The van der Waals surface area contributed by atoms with Gasteiger partial charge in [0.1, 0.15) is 0 Å². The molecule has 0 aliphatic carbocycles. The maximum atomic E-state index is 9.21. The number of hydroxylamine groups is 2. The minimum Gasteiger partial charge on any atom is -0.313 e. The molecule has 0 spiro atoms. The molecule has 1 heterocycles. The molecule has 1 N–H and O–H groups in total. The van der Waals surface area contributed by atoms with Gasteiger partial charge in [0.05, 0.1) is 5.54 Å². The maximum absolute atomic E-state index is 9.21. The Balaban J connectivity index is 2.81. The van der Waals surface area contributed by atoms with Gasteiger partial charge in [-0.25, -0.2) is 0 Å². The van der Waals surface area contributed by atoms with Gasteiger partial charge in [0.15, 0.2) is 0 Å². The SMILES string of the molecule is CC1=CCN(O)C1(C)C. The van der Waals surface area contributed by atoms with Crippen LogP contribution >= 0.6 is 0 Å². The van der Waals surface area contributed by atoms with Crippen LogP contribution in [0.4, 0.5) is 0 Å². The minimum atomic E-state index is -0.139. The van der Waals surface area contributed by atoms with Gasteiger partial charge < -0.3 is 5.21 Å². The zero-order valence-corrected chi connectivity index (χ0v) is 6.18. The van der Waals surface area contributed by atoms with Gasteiger partial charge in [0.2, 0.25) is 0 Å². The first kappa shape index (κ1) is 6.78. The van der Waals surface area contributed by atoms with Gasteiger partial charge in [0.25, 0.3) is 0 Å². The average molecular weight is 127 g/mol. The van der Waals surface area contributed by atoms with Crippen LogP contribution < -0.4 is 0 Å². The quantitative estimate of drug-likeness (QED) is 0.497. The molecule has 0 saturated heterocycles. The Morgan fingerprint density at radius 1 is 1.67 bits per heavy atom. The van der Waals surface area contributed by atoms with Gasteiger partial charge in [-0.3, -0.25) is 0 Å². The van der Waals surface area contributed by atoms with Gasteiger partial charge in [-0.2, -0.15) is 5.06 Å². The van der Waals surface area contributed by atoms with Crippen LogP contribution in [0.15, 0.2) is 11.6 Å². The summed E-state index contributed by atoms with van der Waals surface area (Å²) < 4.78 is 0. The summed E-state index contributed by atoms with van der Waals surface area (Å²) in [6, 6.07) is 0. The van der Waals surface area contributed by atoms with E-state index >= 15 is 0 Å². The van der Waals surface area contributed by atoms with E-state index in [1.807, 2.05) is 26.8 Å². The van der Waals surface area contributed by atoms with Gasteiger partial charge >= 0.3 is 0 Å². The van der Waals surface area contributed by atoms with Crippen molar-refractivity contribution < 1.29 is 5.21 Å². The summed E-state index contributed by atoms with van der Waals surface area (Å²) in [5.41, 5.74) is 1.10. The molecule has 0 amide bonds. The maximum Gasteiger partial charge on any atom is 0.0614 e. The lowest BCUT2D eigenvalue weighted by atomic mass is 9.99. The predicted octanol–water partition coefficient (Wildman–Crippen LogP) is 1.42. The number of rotatable bonds is 0. The second kappa shape index (κ2) is 1.82. The highest BCUT2D eigenvalue weighted by Gasteiger charge is 2.30. The van der Waals surface area contributed by atoms with Gasteiger partial charge in [0, 0.05) is 6.54 Å². The van der Waals surface area contributed by atoms with E-state index in [1.165, 1.54) is 10.6 Å². The molecule has 1 aliphatic rings. The number of hydrogen-bond acceptors (Lipinski definition) is 2. The standard InChI is InChI=1S/C7H13NO/c1-6-4-5-8(9)7(6,2)3/h4,9H,5H2,1-3H3. The van der Waals surface area contributed by atoms with E-state index in [0.29, 0.717) is 6.54 Å². The minimum absolute atomic E-state index is 0.139. The molecule has 2 heteroatoms. The van der Waals surface area contributed by atoms with Crippen LogP contribution in [0.2, 0.25) is 0 Å². The third-order valence-electron chi connectivity index (χ3n) is 2.18. The van der Waals surface area contributed by atoms with Crippen molar-refractivity contribution in [3.63, 3.8) is 0 Å². The van der Waals surface area contributed by atoms with E-state index in [1.54, 1.807) is 0 Å². The first-order valence-electron chi connectivity index (χ1n) is 3.19. The van der Waals surface area contributed by atoms with Crippen LogP contribution in [0, 0.1) is 0 Å². The molecule has 0 atom stereocenters. The first-order valence-corrected chi connectivity index (χ1v) is 3.19. The molecule has 0 unspecified atom stereocenters. The summed E-state index contributed by atoms with van der Waals surface area (Å²) in [5, 5.41) is 10.6. The second-order valence-electron chi connectivity index (χ2n) is 3.03. The summed E-state index contributed by atoms with van der Waals surface area (Å²) in [5.74, 6) is 0. The van der Waals surface area contributed by atoms with Crippen molar-refractivity contribution in [3.8, 4) is 0 Å². The van der Waals surface area contributed by atoms with Crippen LogP contribution in [0.3, 0.4) is 0 Å². The van der Waals surface area contributed by atoms with Crippen molar-refractivity contribution in [2.75, 3.05) is 6.54 Å². The lowest BCUT2D eigenvalue weighted by Gasteiger charge is -2.27. The first-order chi connectivity index (χ1) is 4.05. The molecule has 0 bridgehead atoms. The highest BCUT2D eigenvalue weighted by atomic mass is 16.5. The Morgan fingerprint density at radius 2 is 2.22 bits per heavy atom.